The van der Waals surface area contributed by atoms with Crippen LogP contribution in [0.15, 0.2) is 42.5 Å². The Morgan fingerprint density at radius 2 is 1.78 bits per heavy atom. The molecule has 1 aliphatic heterocycles. The number of benzene rings is 2. The number of piperazine rings is 1. The van der Waals surface area contributed by atoms with Crippen LogP contribution in [0.4, 0.5) is 11.4 Å². The summed E-state index contributed by atoms with van der Waals surface area (Å²) in [5.41, 5.74) is 2.98. The number of hydrogen-bond acceptors (Lipinski definition) is 5. The molecule has 7 heteroatoms. The first-order valence-corrected chi connectivity index (χ1v) is 9.00. The summed E-state index contributed by atoms with van der Waals surface area (Å²) < 4.78 is 0. The van der Waals surface area contributed by atoms with Gasteiger partial charge in [0.2, 0.25) is 0 Å². The molecule has 2 aromatic carbocycles. The van der Waals surface area contributed by atoms with Crippen molar-refractivity contribution in [3.63, 3.8) is 0 Å². The van der Waals surface area contributed by atoms with Gasteiger partial charge >= 0.3 is 0 Å². The van der Waals surface area contributed by atoms with Crippen molar-refractivity contribution in [2.24, 2.45) is 0 Å². The fraction of sp³-hybridized carbons (Fsp3) is 0.350. The summed E-state index contributed by atoms with van der Waals surface area (Å²) in [7, 11) is 2.03. The Balaban J connectivity index is 1.73. The number of hydrogen-bond donors (Lipinski definition) is 1. The number of nitro benzene ring substituents is 1. The van der Waals surface area contributed by atoms with Gasteiger partial charge < -0.3 is 15.1 Å². The van der Waals surface area contributed by atoms with E-state index in [1.807, 2.05) is 43.1 Å². The topological polar surface area (TPSA) is 78.7 Å². The number of carbonyl (C=O) groups is 1. The number of nitrogens with zero attached hydrogens (tertiary/aromatic N) is 3. The second-order valence-corrected chi connectivity index (χ2v) is 6.92. The number of nitrogens with one attached hydrogen (secondary N) is 1. The monoisotopic (exact) mass is 368 g/mol. The van der Waals surface area contributed by atoms with E-state index in [0.29, 0.717) is 17.8 Å². The van der Waals surface area contributed by atoms with Crippen LogP contribution in [0.3, 0.4) is 0 Å². The van der Waals surface area contributed by atoms with E-state index in [0.717, 1.165) is 37.3 Å². The van der Waals surface area contributed by atoms with E-state index in [1.165, 1.54) is 6.07 Å². The second-order valence-electron chi connectivity index (χ2n) is 6.92. The second kappa shape index (κ2) is 8.18. The largest absolute Gasteiger partial charge is 0.363 e. The molecule has 0 spiro atoms. The molecule has 7 nitrogen and oxygen atoms in total. The number of nitro groups is 1. The van der Waals surface area contributed by atoms with E-state index in [-0.39, 0.29) is 11.6 Å². The number of amides is 1. The molecule has 0 aromatic heterocycles. The minimum absolute atomic E-state index is 0.0254. The highest BCUT2D eigenvalue weighted by Gasteiger charge is 2.24. The molecule has 1 heterocycles. The smallest absolute Gasteiger partial charge is 0.293 e. The number of carbonyl (C=O) groups excluding carboxylic acids is 1. The molecule has 142 valence electrons. The average Bonchev–Trinajstić information content (AvgIpc) is 2.67. The van der Waals surface area contributed by atoms with E-state index in [4.69, 9.17) is 0 Å². The summed E-state index contributed by atoms with van der Waals surface area (Å²) in [4.78, 5) is 27.8. The van der Waals surface area contributed by atoms with Crippen molar-refractivity contribution in [2.75, 3.05) is 38.1 Å². The molecule has 2 aromatic rings. The van der Waals surface area contributed by atoms with Gasteiger partial charge in [-0.25, -0.2) is 0 Å². The van der Waals surface area contributed by atoms with Gasteiger partial charge in [0.1, 0.15) is 5.69 Å². The molecule has 0 aliphatic carbocycles. The molecule has 3 rings (SSSR count). The quantitative estimate of drug-likeness (QED) is 0.648. The first kappa shape index (κ1) is 18.8. The molecular formula is C20H24N4O3. The lowest BCUT2D eigenvalue weighted by atomic mass is 10.1. The molecule has 1 fully saturated rings. The Kier molecular flexibility index (Phi) is 5.71. The van der Waals surface area contributed by atoms with E-state index in [9.17, 15) is 14.9 Å². The van der Waals surface area contributed by atoms with Crippen molar-refractivity contribution in [1.82, 2.24) is 10.2 Å². The molecule has 27 heavy (non-hydrogen) atoms. The Bertz CT molecular complexity index is 828. The van der Waals surface area contributed by atoms with Crippen LogP contribution in [-0.2, 0) is 6.54 Å². The lowest BCUT2D eigenvalue weighted by molar-refractivity contribution is -0.384. The van der Waals surface area contributed by atoms with Gasteiger partial charge in [0.05, 0.1) is 4.92 Å². The summed E-state index contributed by atoms with van der Waals surface area (Å²) >= 11 is 0. The number of likely N-dealkylation sites (N-methyl/N-ethyl adjacent to an activating group) is 1. The molecule has 0 atom stereocenters. The first-order chi connectivity index (χ1) is 12.9. The summed E-state index contributed by atoms with van der Waals surface area (Å²) in [5, 5.41) is 14.4. The molecule has 1 aliphatic rings. The average molecular weight is 368 g/mol. The third-order valence-electron chi connectivity index (χ3n) is 4.85. The van der Waals surface area contributed by atoms with Crippen LogP contribution in [0.2, 0.25) is 0 Å². The fourth-order valence-electron chi connectivity index (χ4n) is 3.12. The van der Waals surface area contributed by atoms with Gasteiger partial charge in [0.25, 0.3) is 11.6 Å². The summed E-state index contributed by atoms with van der Waals surface area (Å²) in [6, 6.07) is 12.6. The summed E-state index contributed by atoms with van der Waals surface area (Å²) in [5.74, 6) is -0.316. The van der Waals surface area contributed by atoms with E-state index < -0.39 is 4.92 Å². The van der Waals surface area contributed by atoms with Crippen LogP contribution in [0.25, 0.3) is 0 Å². The molecule has 1 amide bonds. The number of aryl methyl sites for hydroxylation is 1. The highest BCUT2D eigenvalue weighted by atomic mass is 16.6. The van der Waals surface area contributed by atoms with Gasteiger partial charge in [-0.3, -0.25) is 14.9 Å². The van der Waals surface area contributed by atoms with Gasteiger partial charge in [-0.1, -0.05) is 29.8 Å². The highest BCUT2D eigenvalue weighted by molar-refractivity contribution is 5.95. The third-order valence-corrected chi connectivity index (χ3v) is 4.85. The molecule has 0 saturated carbocycles. The molecule has 1 saturated heterocycles. The molecular weight excluding hydrogens is 344 g/mol. The van der Waals surface area contributed by atoms with E-state index in [2.05, 4.69) is 10.2 Å². The maximum absolute atomic E-state index is 12.4. The summed E-state index contributed by atoms with van der Waals surface area (Å²) in [6.07, 6.45) is 0. The third kappa shape index (κ3) is 4.62. The SMILES string of the molecule is Cc1ccc(CNC(=O)c2ccc(N3CCN(C)CC3)c([N+](=O)[O-])c2)cc1. The minimum atomic E-state index is -0.412. The summed E-state index contributed by atoms with van der Waals surface area (Å²) in [6.45, 7) is 5.56. The lowest BCUT2D eigenvalue weighted by Gasteiger charge is -2.33. The molecule has 1 N–H and O–H groups in total. The number of rotatable bonds is 5. The molecule has 0 radical (unpaired) electrons. The zero-order valence-electron chi connectivity index (χ0n) is 15.6. The maximum atomic E-state index is 12.4. The minimum Gasteiger partial charge on any atom is -0.363 e. The van der Waals surface area contributed by atoms with Gasteiger partial charge in [0, 0.05) is 44.4 Å². The van der Waals surface area contributed by atoms with Gasteiger partial charge in [-0.15, -0.1) is 0 Å². The van der Waals surface area contributed by atoms with Crippen LogP contribution >= 0.6 is 0 Å². The van der Waals surface area contributed by atoms with Crippen LogP contribution in [0, 0.1) is 17.0 Å². The lowest BCUT2D eigenvalue weighted by Crippen LogP contribution is -2.44. The van der Waals surface area contributed by atoms with Crippen molar-refractivity contribution in [3.05, 3.63) is 69.3 Å². The predicted octanol–water partition coefficient (Wildman–Crippen LogP) is 2.59. The van der Waals surface area contributed by atoms with Crippen LogP contribution in [-0.4, -0.2) is 49.0 Å². The number of anilines is 1. The van der Waals surface area contributed by atoms with Crippen LogP contribution in [0.1, 0.15) is 21.5 Å². The van der Waals surface area contributed by atoms with Crippen molar-refractivity contribution in [3.8, 4) is 0 Å². The Morgan fingerprint density at radius 3 is 2.41 bits per heavy atom. The van der Waals surface area contributed by atoms with E-state index in [1.54, 1.807) is 12.1 Å². The molecule has 0 unspecified atom stereocenters. The Morgan fingerprint density at radius 1 is 1.11 bits per heavy atom. The Hall–Kier alpha value is -2.93. The van der Waals surface area contributed by atoms with Crippen molar-refractivity contribution in [2.45, 2.75) is 13.5 Å². The normalized spacial score (nSPS) is 14.8. The molecule has 0 bridgehead atoms. The Labute approximate surface area is 158 Å². The van der Waals surface area contributed by atoms with Gasteiger partial charge in [-0.05, 0) is 31.7 Å². The van der Waals surface area contributed by atoms with Crippen LogP contribution < -0.4 is 10.2 Å². The van der Waals surface area contributed by atoms with Crippen molar-refractivity contribution in [1.29, 1.82) is 0 Å². The van der Waals surface area contributed by atoms with Gasteiger partial charge in [-0.2, -0.15) is 0 Å². The fourth-order valence-corrected chi connectivity index (χ4v) is 3.12. The standard InChI is InChI=1S/C20H24N4O3/c1-15-3-5-16(6-4-15)14-21-20(25)17-7-8-18(19(13-17)24(26)27)23-11-9-22(2)10-12-23/h3-8,13H,9-12,14H2,1-2H3,(H,21,25). The zero-order valence-corrected chi connectivity index (χ0v) is 15.6. The predicted molar refractivity (Wildman–Crippen MR) is 105 cm³/mol. The van der Waals surface area contributed by atoms with Crippen molar-refractivity contribution >= 4 is 17.3 Å². The highest BCUT2D eigenvalue weighted by Crippen LogP contribution is 2.30. The zero-order chi connectivity index (χ0) is 19.4. The first-order valence-electron chi connectivity index (χ1n) is 9.00. The van der Waals surface area contributed by atoms with Gasteiger partial charge in [0.15, 0.2) is 0 Å². The maximum Gasteiger partial charge on any atom is 0.293 e. The van der Waals surface area contributed by atoms with E-state index >= 15 is 0 Å². The van der Waals surface area contributed by atoms with Crippen molar-refractivity contribution < 1.29 is 9.72 Å². The van der Waals surface area contributed by atoms with Crippen LogP contribution in [0.5, 0.6) is 0 Å².